The summed E-state index contributed by atoms with van der Waals surface area (Å²) in [5.74, 6) is 0.856. The first-order valence-corrected chi connectivity index (χ1v) is 6.82. The monoisotopic (exact) mass is 269 g/mol. The van der Waals surface area contributed by atoms with Gasteiger partial charge in [0.15, 0.2) is 0 Å². The zero-order valence-electron chi connectivity index (χ0n) is 11.3. The van der Waals surface area contributed by atoms with Crippen LogP contribution in [-0.2, 0) is 6.42 Å². The van der Waals surface area contributed by atoms with E-state index in [2.05, 4.69) is 29.2 Å². The fourth-order valence-corrected chi connectivity index (χ4v) is 2.51. The SMILES string of the molecule is Nc1ccc2c(c1)N(CCc1ccccc1)C(N)CO2. The van der Waals surface area contributed by atoms with Crippen LogP contribution in [0, 0.1) is 0 Å². The first-order valence-electron chi connectivity index (χ1n) is 6.82. The van der Waals surface area contributed by atoms with Gasteiger partial charge in [-0.3, -0.25) is 0 Å². The maximum absolute atomic E-state index is 6.17. The molecule has 0 amide bonds. The van der Waals surface area contributed by atoms with Gasteiger partial charge in [0, 0.05) is 12.2 Å². The molecule has 0 aliphatic carbocycles. The van der Waals surface area contributed by atoms with Crippen LogP contribution in [-0.4, -0.2) is 19.3 Å². The van der Waals surface area contributed by atoms with Gasteiger partial charge in [-0.15, -0.1) is 0 Å². The summed E-state index contributed by atoms with van der Waals surface area (Å²) in [6.07, 6.45) is 0.816. The average Bonchev–Trinajstić information content (AvgIpc) is 2.47. The lowest BCUT2D eigenvalue weighted by Crippen LogP contribution is -2.49. The van der Waals surface area contributed by atoms with Gasteiger partial charge >= 0.3 is 0 Å². The van der Waals surface area contributed by atoms with Gasteiger partial charge < -0.3 is 21.1 Å². The van der Waals surface area contributed by atoms with Crippen molar-refractivity contribution in [2.24, 2.45) is 5.73 Å². The van der Waals surface area contributed by atoms with Gasteiger partial charge in [0.1, 0.15) is 18.5 Å². The van der Waals surface area contributed by atoms with Crippen molar-refractivity contribution < 1.29 is 4.74 Å². The summed E-state index contributed by atoms with van der Waals surface area (Å²) in [6.45, 7) is 1.36. The second-order valence-electron chi connectivity index (χ2n) is 5.03. The molecule has 0 radical (unpaired) electrons. The fourth-order valence-electron chi connectivity index (χ4n) is 2.51. The molecule has 1 unspecified atom stereocenters. The second kappa shape index (κ2) is 5.43. The Kier molecular flexibility index (Phi) is 3.48. The van der Waals surface area contributed by atoms with Crippen molar-refractivity contribution in [2.75, 3.05) is 23.8 Å². The molecule has 1 aliphatic rings. The van der Waals surface area contributed by atoms with Crippen LogP contribution in [0.1, 0.15) is 5.56 Å². The predicted molar refractivity (Wildman–Crippen MR) is 81.8 cm³/mol. The molecule has 0 spiro atoms. The molecule has 3 rings (SSSR count). The van der Waals surface area contributed by atoms with E-state index in [1.54, 1.807) is 0 Å². The van der Waals surface area contributed by atoms with Gasteiger partial charge in [0.05, 0.1) is 5.69 Å². The van der Waals surface area contributed by atoms with E-state index >= 15 is 0 Å². The van der Waals surface area contributed by atoms with Crippen molar-refractivity contribution in [2.45, 2.75) is 12.6 Å². The summed E-state index contributed by atoms with van der Waals surface area (Å²) in [5.41, 5.74) is 15.1. The summed E-state index contributed by atoms with van der Waals surface area (Å²) in [4.78, 5) is 2.17. The van der Waals surface area contributed by atoms with E-state index in [0.29, 0.717) is 6.61 Å². The fraction of sp³-hybridized carbons (Fsp3) is 0.250. The Morgan fingerprint density at radius 3 is 2.75 bits per heavy atom. The zero-order valence-corrected chi connectivity index (χ0v) is 11.3. The number of rotatable bonds is 3. The summed E-state index contributed by atoms with van der Waals surface area (Å²) in [6, 6.07) is 16.1. The molecule has 4 heteroatoms. The zero-order chi connectivity index (χ0) is 13.9. The molecule has 0 fully saturated rings. The highest BCUT2D eigenvalue weighted by atomic mass is 16.5. The quantitative estimate of drug-likeness (QED) is 0.836. The molecule has 2 aromatic carbocycles. The Bertz CT molecular complexity index is 586. The van der Waals surface area contributed by atoms with Crippen molar-refractivity contribution in [3.63, 3.8) is 0 Å². The first kappa shape index (κ1) is 12.8. The molecule has 0 saturated heterocycles. The molecule has 104 valence electrons. The third-order valence-corrected chi connectivity index (χ3v) is 3.59. The molecule has 20 heavy (non-hydrogen) atoms. The van der Waals surface area contributed by atoms with Crippen LogP contribution in [0.15, 0.2) is 48.5 Å². The van der Waals surface area contributed by atoms with Crippen LogP contribution < -0.4 is 21.1 Å². The van der Waals surface area contributed by atoms with Gasteiger partial charge in [-0.1, -0.05) is 30.3 Å². The molecule has 0 aromatic heterocycles. The second-order valence-corrected chi connectivity index (χ2v) is 5.03. The van der Waals surface area contributed by atoms with E-state index < -0.39 is 0 Å². The minimum atomic E-state index is -0.131. The maximum Gasteiger partial charge on any atom is 0.142 e. The van der Waals surface area contributed by atoms with Crippen molar-refractivity contribution in [1.29, 1.82) is 0 Å². The lowest BCUT2D eigenvalue weighted by atomic mass is 10.1. The Balaban J connectivity index is 1.80. The number of nitrogen functional groups attached to an aromatic ring is 1. The molecule has 1 heterocycles. The van der Waals surface area contributed by atoms with Gasteiger partial charge in [0.2, 0.25) is 0 Å². The van der Waals surface area contributed by atoms with Crippen molar-refractivity contribution in [1.82, 2.24) is 0 Å². The molecule has 1 atom stereocenters. The van der Waals surface area contributed by atoms with E-state index in [0.717, 1.165) is 30.1 Å². The Hall–Kier alpha value is -2.20. The Morgan fingerprint density at radius 1 is 1.15 bits per heavy atom. The standard InChI is InChI=1S/C16H19N3O/c17-13-6-7-15-14(10-13)19(16(18)11-20-15)9-8-12-4-2-1-3-5-12/h1-7,10,16H,8-9,11,17-18H2. The average molecular weight is 269 g/mol. The van der Waals surface area contributed by atoms with Crippen LogP contribution >= 0.6 is 0 Å². The molecule has 4 N–H and O–H groups in total. The van der Waals surface area contributed by atoms with E-state index in [1.165, 1.54) is 5.56 Å². The van der Waals surface area contributed by atoms with Crippen LogP contribution in [0.25, 0.3) is 0 Å². The number of hydrogen-bond acceptors (Lipinski definition) is 4. The van der Waals surface area contributed by atoms with Crippen LogP contribution in [0.2, 0.25) is 0 Å². The lowest BCUT2D eigenvalue weighted by molar-refractivity contribution is 0.264. The largest absolute Gasteiger partial charge is 0.488 e. The molecule has 1 aliphatic heterocycles. The number of fused-ring (bicyclic) bond motifs is 1. The smallest absolute Gasteiger partial charge is 0.142 e. The van der Waals surface area contributed by atoms with E-state index in [-0.39, 0.29) is 6.17 Å². The molecule has 0 bridgehead atoms. The molecular weight excluding hydrogens is 250 g/mol. The summed E-state index contributed by atoms with van der Waals surface area (Å²) in [7, 11) is 0. The molecule has 4 nitrogen and oxygen atoms in total. The normalized spacial score (nSPS) is 17.4. The van der Waals surface area contributed by atoms with Crippen LogP contribution in [0.4, 0.5) is 11.4 Å². The molecule has 0 saturated carbocycles. The van der Waals surface area contributed by atoms with Crippen LogP contribution in [0.3, 0.4) is 0 Å². The van der Waals surface area contributed by atoms with Gasteiger partial charge in [0.25, 0.3) is 0 Å². The van der Waals surface area contributed by atoms with Gasteiger partial charge in [-0.25, -0.2) is 0 Å². The van der Waals surface area contributed by atoms with E-state index in [4.69, 9.17) is 16.2 Å². The highest BCUT2D eigenvalue weighted by Gasteiger charge is 2.24. The Labute approximate surface area is 118 Å². The maximum atomic E-state index is 6.17. The number of nitrogens with two attached hydrogens (primary N) is 2. The number of benzene rings is 2. The third kappa shape index (κ3) is 2.56. The van der Waals surface area contributed by atoms with Crippen LogP contribution in [0.5, 0.6) is 5.75 Å². The van der Waals surface area contributed by atoms with E-state index in [1.807, 2.05) is 24.3 Å². The highest BCUT2D eigenvalue weighted by molar-refractivity contribution is 5.66. The minimum Gasteiger partial charge on any atom is -0.488 e. The van der Waals surface area contributed by atoms with Crippen molar-refractivity contribution in [3.8, 4) is 5.75 Å². The topological polar surface area (TPSA) is 64.5 Å². The van der Waals surface area contributed by atoms with Gasteiger partial charge in [-0.05, 0) is 30.2 Å². The number of hydrogen-bond donors (Lipinski definition) is 2. The van der Waals surface area contributed by atoms with Crippen molar-refractivity contribution >= 4 is 11.4 Å². The lowest BCUT2D eigenvalue weighted by Gasteiger charge is -2.36. The van der Waals surface area contributed by atoms with Gasteiger partial charge in [-0.2, -0.15) is 0 Å². The predicted octanol–water partition coefficient (Wildman–Crippen LogP) is 2.00. The molecule has 2 aromatic rings. The summed E-state index contributed by atoms with van der Waals surface area (Å²) >= 11 is 0. The summed E-state index contributed by atoms with van der Waals surface area (Å²) < 4.78 is 5.65. The highest BCUT2D eigenvalue weighted by Crippen LogP contribution is 2.34. The van der Waals surface area contributed by atoms with E-state index in [9.17, 15) is 0 Å². The Morgan fingerprint density at radius 2 is 1.95 bits per heavy atom. The molecular formula is C16H19N3O. The first-order chi connectivity index (χ1) is 9.74. The number of ether oxygens (including phenoxy) is 1. The minimum absolute atomic E-state index is 0.131. The van der Waals surface area contributed by atoms with Crippen molar-refractivity contribution in [3.05, 3.63) is 54.1 Å². The number of nitrogens with zero attached hydrogens (tertiary/aromatic N) is 1. The summed E-state index contributed by atoms with van der Waals surface area (Å²) in [5, 5.41) is 0. The third-order valence-electron chi connectivity index (χ3n) is 3.59. The number of anilines is 2.